The van der Waals surface area contributed by atoms with Crippen LogP contribution in [0, 0.1) is 0 Å². The van der Waals surface area contributed by atoms with Gasteiger partial charge in [-0.1, -0.05) is 11.6 Å². The third-order valence-corrected chi connectivity index (χ3v) is 2.12. The zero-order chi connectivity index (χ0) is 9.14. The van der Waals surface area contributed by atoms with Crippen LogP contribution in [0.1, 0.15) is 5.69 Å². The minimum absolute atomic E-state index is 0.123. The molecule has 0 aromatic carbocycles. The molecule has 0 unspecified atom stereocenters. The number of pyridine rings is 1. The average molecular weight is 249 g/mol. The van der Waals surface area contributed by atoms with E-state index in [0.717, 1.165) is 0 Å². The van der Waals surface area contributed by atoms with E-state index < -0.39 is 5.91 Å². The number of amides is 1. The molecule has 0 aliphatic carbocycles. The van der Waals surface area contributed by atoms with E-state index in [1.54, 1.807) is 6.07 Å². The molecule has 0 aliphatic heterocycles. The van der Waals surface area contributed by atoms with E-state index in [1.165, 1.54) is 6.20 Å². The second-order valence-corrected chi connectivity index (χ2v) is 3.52. The summed E-state index contributed by atoms with van der Waals surface area (Å²) in [6.07, 6.45) is 1.60. The zero-order valence-electron chi connectivity index (χ0n) is 6.05. The molecule has 0 spiro atoms. The highest BCUT2D eigenvalue weighted by atomic mass is 79.9. The zero-order valence-corrected chi connectivity index (χ0v) is 8.39. The Kier molecular flexibility index (Phi) is 3.05. The van der Waals surface area contributed by atoms with Crippen molar-refractivity contribution < 1.29 is 4.79 Å². The Bertz CT molecular complexity index is 316. The maximum atomic E-state index is 10.5. The van der Waals surface area contributed by atoms with E-state index in [1.807, 2.05) is 0 Å². The van der Waals surface area contributed by atoms with Crippen molar-refractivity contribution in [2.24, 2.45) is 5.73 Å². The number of primary amides is 1. The summed E-state index contributed by atoms with van der Waals surface area (Å²) in [5.41, 5.74) is 5.60. The van der Waals surface area contributed by atoms with Crippen LogP contribution < -0.4 is 5.73 Å². The average Bonchev–Trinajstić information content (AvgIpc) is 1.94. The monoisotopic (exact) mass is 248 g/mol. The summed E-state index contributed by atoms with van der Waals surface area (Å²) in [5.74, 6) is -0.412. The first-order valence-corrected chi connectivity index (χ1v) is 4.35. The van der Waals surface area contributed by atoms with Crippen LogP contribution in [0.3, 0.4) is 0 Å². The SMILES string of the molecule is NC(=O)Cc1ncc(Cl)cc1Br. The molecule has 0 saturated carbocycles. The molecule has 12 heavy (non-hydrogen) atoms. The summed E-state index contributed by atoms with van der Waals surface area (Å²) in [7, 11) is 0. The van der Waals surface area contributed by atoms with Crippen molar-refractivity contribution in [3.8, 4) is 0 Å². The molecule has 0 fully saturated rings. The van der Waals surface area contributed by atoms with Crippen molar-refractivity contribution in [3.63, 3.8) is 0 Å². The van der Waals surface area contributed by atoms with Gasteiger partial charge in [-0.25, -0.2) is 0 Å². The molecule has 0 bridgehead atoms. The fraction of sp³-hybridized carbons (Fsp3) is 0.143. The van der Waals surface area contributed by atoms with E-state index in [0.29, 0.717) is 15.2 Å². The maximum Gasteiger partial charge on any atom is 0.223 e. The molecule has 2 N–H and O–H groups in total. The lowest BCUT2D eigenvalue weighted by Crippen LogP contribution is -2.14. The number of carbonyl (C=O) groups is 1. The first kappa shape index (κ1) is 9.48. The van der Waals surface area contributed by atoms with Gasteiger partial charge in [0.15, 0.2) is 0 Å². The van der Waals surface area contributed by atoms with Gasteiger partial charge in [-0.3, -0.25) is 9.78 Å². The molecule has 3 nitrogen and oxygen atoms in total. The molecule has 0 atom stereocenters. The normalized spacial score (nSPS) is 9.83. The topological polar surface area (TPSA) is 56.0 Å². The highest BCUT2D eigenvalue weighted by molar-refractivity contribution is 9.10. The van der Waals surface area contributed by atoms with Crippen LogP contribution in [0.5, 0.6) is 0 Å². The predicted octanol–water partition coefficient (Wildman–Crippen LogP) is 1.53. The summed E-state index contributed by atoms with van der Waals surface area (Å²) in [6, 6.07) is 1.67. The molecular weight excluding hydrogens is 243 g/mol. The molecule has 64 valence electrons. The van der Waals surface area contributed by atoms with Crippen LogP contribution in [0.2, 0.25) is 5.02 Å². The van der Waals surface area contributed by atoms with Crippen molar-refractivity contribution in [1.82, 2.24) is 4.98 Å². The van der Waals surface area contributed by atoms with Gasteiger partial charge in [0, 0.05) is 10.7 Å². The number of aromatic nitrogens is 1. The van der Waals surface area contributed by atoms with Crippen LogP contribution in [0.25, 0.3) is 0 Å². The number of halogens is 2. The molecule has 1 aromatic rings. The lowest BCUT2D eigenvalue weighted by molar-refractivity contribution is -0.117. The first-order chi connectivity index (χ1) is 5.59. The van der Waals surface area contributed by atoms with Crippen molar-refractivity contribution in [2.75, 3.05) is 0 Å². The van der Waals surface area contributed by atoms with E-state index in [4.69, 9.17) is 17.3 Å². The number of nitrogens with zero attached hydrogens (tertiary/aromatic N) is 1. The van der Waals surface area contributed by atoms with Gasteiger partial charge in [-0.15, -0.1) is 0 Å². The Morgan fingerprint density at radius 3 is 2.92 bits per heavy atom. The van der Waals surface area contributed by atoms with Crippen LogP contribution in [-0.4, -0.2) is 10.9 Å². The molecule has 1 rings (SSSR count). The minimum atomic E-state index is -0.412. The van der Waals surface area contributed by atoms with Gasteiger partial charge >= 0.3 is 0 Å². The number of nitrogens with two attached hydrogens (primary N) is 1. The highest BCUT2D eigenvalue weighted by Gasteiger charge is 2.04. The van der Waals surface area contributed by atoms with Gasteiger partial charge in [0.1, 0.15) is 0 Å². The summed E-state index contributed by atoms with van der Waals surface area (Å²) in [6.45, 7) is 0. The van der Waals surface area contributed by atoms with Crippen LogP contribution in [-0.2, 0) is 11.2 Å². The van der Waals surface area contributed by atoms with Crippen molar-refractivity contribution in [1.29, 1.82) is 0 Å². The van der Waals surface area contributed by atoms with Gasteiger partial charge in [0.05, 0.1) is 17.1 Å². The third-order valence-electron chi connectivity index (χ3n) is 1.23. The van der Waals surface area contributed by atoms with Crippen LogP contribution in [0.4, 0.5) is 0 Å². The number of hydrogen-bond donors (Lipinski definition) is 1. The first-order valence-electron chi connectivity index (χ1n) is 3.18. The van der Waals surface area contributed by atoms with Crippen LogP contribution >= 0.6 is 27.5 Å². The second kappa shape index (κ2) is 3.87. The molecule has 1 heterocycles. The molecule has 0 radical (unpaired) electrons. The Balaban J connectivity index is 2.93. The van der Waals surface area contributed by atoms with Gasteiger partial charge in [0.2, 0.25) is 5.91 Å². The van der Waals surface area contributed by atoms with Crippen molar-refractivity contribution >= 4 is 33.4 Å². The summed E-state index contributed by atoms with van der Waals surface area (Å²) >= 11 is 8.87. The summed E-state index contributed by atoms with van der Waals surface area (Å²) < 4.78 is 0.703. The largest absolute Gasteiger partial charge is 0.369 e. The van der Waals surface area contributed by atoms with Crippen molar-refractivity contribution in [2.45, 2.75) is 6.42 Å². The van der Waals surface area contributed by atoms with Gasteiger partial charge in [0.25, 0.3) is 0 Å². The third kappa shape index (κ3) is 2.46. The lowest BCUT2D eigenvalue weighted by atomic mass is 10.3. The standard InChI is InChI=1S/C7H6BrClN2O/c8-5-1-4(9)3-11-6(5)2-7(10)12/h1,3H,2H2,(H2,10,12). The summed E-state index contributed by atoms with van der Waals surface area (Å²) in [4.78, 5) is 14.5. The van der Waals surface area contributed by atoms with E-state index in [2.05, 4.69) is 20.9 Å². The second-order valence-electron chi connectivity index (χ2n) is 2.23. The number of rotatable bonds is 2. The Hall–Kier alpha value is -0.610. The fourth-order valence-corrected chi connectivity index (χ4v) is 1.52. The Morgan fingerprint density at radius 1 is 1.75 bits per heavy atom. The molecule has 1 amide bonds. The molecule has 5 heteroatoms. The number of hydrogen-bond acceptors (Lipinski definition) is 2. The van der Waals surface area contributed by atoms with Gasteiger partial charge in [-0.05, 0) is 22.0 Å². The van der Waals surface area contributed by atoms with Gasteiger partial charge in [-0.2, -0.15) is 0 Å². The van der Waals surface area contributed by atoms with Crippen LogP contribution in [0.15, 0.2) is 16.7 Å². The lowest BCUT2D eigenvalue weighted by Gasteiger charge is -1.99. The van der Waals surface area contributed by atoms with E-state index in [9.17, 15) is 4.79 Å². The quantitative estimate of drug-likeness (QED) is 0.864. The predicted molar refractivity (Wildman–Crippen MR) is 49.8 cm³/mol. The molecular formula is C7H6BrClN2O. The maximum absolute atomic E-state index is 10.5. The van der Waals surface area contributed by atoms with E-state index >= 15 is 0 Å². The smallest absolute Gasteiger partial charge is 0.223 e. The molecule has 1 aromatic heterocycles. The van der Waals surface area contributed by atoms with Crippen molar-refractivity contribution in [3.05, 3.63) is 27.5 Å². The van der Waals surface area contributed by atoms with E-state index in [-0.39, 0.29) is 6.42 Å². The van der Waals surface area contributed by atoms with Gasteiger partial charge < -0.3 is 5.73 Å². The number of carbonyl (C=O) groups excluding carboxylic acids is 1. The Morgan fingerprint density at radius 2 is 2.42 bits per heavy atom. The molecule has 0 aliphatic rings. The highest BCUT2D eigenvalue weighted by Crippen LogP contribution is 2.19. The molecule has 0 saturated heterocycles. The Labute approximate surface area is 83.1 Å². The summed E-state index contributed by atoms with van der Waals surface area (Å²) in [5, 5.41) is 0.523. The fourth-order valence-electron chi connectivity index (χ4n) is 0.738. The minimum Gasteiger partial charge on any atom is -0.369 e.